The van der Waals surface area contributed by atoms with E-state index < -0.39 is 0 Å². The van der Waals surface area contributed by atoms with E-state index in [1.807, 2.05) is 12.1 Å². The maximum Gasteiger partial charge on any atom is 0.169 e. The predicted molar refractivity (Wildman–Crippen MR) is 127 cm³/mol. The number of methoxy groups -OCH3 is 4. The topological polar surface area (TPSA) is 43.4 Å². The van der Waals surface area contributed by atoms with Gasteiger partial charge in [0, 0.05) is 36.1 Å². The van der Waals surface area contributed by atoms with Crippen molar-refractivity contribution in [2.45, 2.75) is 20.4 Å². The molecule has 3 aromatic rings. The summed E-state index contributed by atoms with van der Waals surface area (Å²) < 4.78 is 22.8. The number of ether oxygens (including phenoxy) is 4. The van der Waals surface area contributed by atoms with E-state index in [9.17, 15) is 0 Å². The molecular formula is C25H32N2O4. The fourth-order valence-electron chi connectivity index (χ4n) is 4.71. The number of benzene rings is 3. The minimum Gasteiger partial charge on any atom is -0.493 e. The van der Waals surface area contributed by atoms with Crippen LogP contribution in [0.3, 0.4) is 0 Å². The van der Waals surface area contributed by atoms with E-state index in [0.717, 1.165) is 66.1 Å². The average molecular weight is 425 g/mol. The Bertz CT molecular complexity index is 1110. The van der Waals surface area contributed by atoms with Gasteiger partial charge in [-0.25, -0.2) is 0 Å². The molecule has 0 radical (unpaired) electrons. The van der Waals surface area contributed by atoms with Gasteiger partial charge in [-0.3, -0.25) is 0 Å². The molecule has 6 heteroatoms. The third-order valence-corrected chi connectivity index (χ3v) is 6.41. The molecule has 4 rings (SSSR count). The summed E-state index contributed by atoms with van der Waals surface area (Å²) in [6.07, 6.45) is 0. The van der Waals surface area contributed by atoms with Gasteiger partial charge < -0.3 is 28.7 Å². The van der Waals surface area contributed by atoms with Gasteiger partial charge in [0.15, 0.2) is 23.0 Å². The summed E-state index contributed by atoms with van der Waals surface area (Å²) >= 11 is 0. The molecule has 0 amide bonds. The van der Waals surface area contributed by atoms with E-state index in [2.05, 4.69) is 35.8 Å². The van der Waals surface area contributed by atoms with E-state index in [0.29, 0.717) is 5.75 Å². The summed E-state index contributed by atoms with van der Waals surface area (Å²) in [5.74, 6) is 2.93. The van der Waals surface area contributed by atoms with Gasteiger partial charge in [0.05, 0.1) is 28.4 Å². The summed E-state index contributed by atoms with van der Waals surface area (Å²) in [6.45, 7) is 9.40. The number of fused-ring (bicyclic) bond motifs is 2. The van der Waals surface area contributed by atoms with Crippen LogP contribution in [0, 0.1) is 0 Å². The first-order chi connectivity index (χ1) is 15.1. The van der Waals surface area contributed by atoms with Crippen molar-refractivity contribution in [1.82, 2.24) is 4.90 Å². The highest BCUT2D eigenvalue weighted by Crippen LogP contribution is 2.50. The van der Waals surface area contributed by atoms with E-state index in [-0.39, 0.29) is 0 Å². The molecule has 0 unspecified atom stereocenters. The molecule has 3 aromatic carbocycles. The first kappa shape index (κ1) is 21.4. The Morgan fingerprint density at radius 1 is 0.806 bits per heavy atom. The summed E-state index contributed by atoms with van der Waals surface area (Å²) in [6, 6.07) is 8.47. The zero-order valence-corrected chi connectivity index (χ0v) is 19.4. The van der Waals surface area contributed by atoms with Gasteiger partial charge in [0.25, 0.3) is 0 Å². The van der Waals surface area contributed by atoms with Crippen molar-refractivity contribution in [3.8, 4) is 23.0 Å². The fourth-order valence-corrected chi connectivity index (χ4v) is 4.71. The molecule has 0 saturated carbocycles. The summed E-state index contributed by atoms with van der Waals surface area (Å²) in [4.78, 5) is 4.92. The van der Waals surface area contributed by atoms with Gasteiger partial charge in [0.2, 0.25) is 0 Å². The molecule has 6 nitrogen and oxygen atoms in total. The molecule has 31 heavy (non-hydrogen) atoms. The third-order valence-electron chi connectivity index (χ3n) is 6.41. The monoisotopic (exact) mass is 424 g/mol. The molecule has 0 saturated heterocycles. The van der Waals surface area contributed by atoms with Crippen LogP contribution in [0.4, 0.5) is 5.69 Å². The van der Waals surface area contributed by atoms with Gasteiger partial charge in [-0.15, -0.1) is 0 Å². The number of anilines is 1. The van der Waals surface area contributed by atoms with Crippen molar-refractivity contribution in [3.63, 3.8) is 0 Å². The van der Waals surface area contributed by atoms with E-state index in [1.54, 1.807) is 28.4 Å². The number of nitrogens with zero attached hydrogens (tertiary/aromatic N) is 2. The summed E-state index contributed by atoms with van der Waals surface area (Å²) in [7, 11) is 6.73. The van der Waals surface area contributed by atoms with E-state index in [4.69, 9.17) is 18.9 Å². The summed E-state index contributed by atoms with van der Waals surface area (Å²) in [5, 5.41) is 4.46. The Labute approximate surface area is 184 Å². The van der Waals surface area contributed by atoms with Crippen LogP contribution in [-0.2, 0) is 6.54 Å². The Kier molecular flexibility index (Phi) is 6.01. The second-order valence-corrected chi connectivity index (χ2v) is 7.79. The van der Waals surface area contributed by atoms with Crippen LogP contribution in [0.25, 0.3) is 21.5 Å². The van der Waals surface area contributed by atoms with Crippen LogP contribution in [-0.4, -0.2) is 59.5 Å². The SMILES string of the molecule is CCN(CC)CCN1Cc2cc(OC)c(OC)c3c2c1cc1cc(OC)c(OC)cc13. The molecule has 166 valence electrons. The number of hydrogen-bond donors (Lipinski definition) is 0. The third kappa shape index (κ3) is 3.49. The van der Waals surface area contributed by atoms with Crippen LogP contribution in [0.5, 0.6) is 23.0 Å². The van der Waals surface area contributed by atoms with Crippen molar-refractivity contribution in [2.24, 2.45) is 0 Å². The van der Waals surface area contributed by atoms with Crippen molar-refractivity contribution in [1.29, 1.82) is 0 Å². The van der Waals surface area contributed by atoms with Gasteiger partial charge in [-0.2, -0.15) is 0 Å². The van der Waals surface area contributed by atoms with Gasteiger partial charge >= 0.3 is 0 Å². The first-order valence-corrected chi connectivity index (χ1v) is 10.8. The smallest absolute Gasteiger partial charge is 0.169 e. The lowest BCUT2D eigenvalue weighted by molar-refractivity contribution is 0.309. The van der Waals surface area contributed by atoms with Crippen molar-refractivity contribution in [3.05, 3.63) is 29.8 Å². The quantitative estimate of drug-likeness (QED) is 0.465. The first-order valence-electron chi connectivity index (χ1n) is 10.8. The lowest BCUT2D eigenvalue weighted by atomic mass is 9.96. The minimum absolute atomic E-state index is 0.702. The minimum atomic E-state index is 0.702. The largest absolute Gasteiger partial charge is 0.493 e. The molecule has 0 spiro atoms. The maximum absolute atomic E-state index is 5.87. The standard InChI is InChI=1S/C25H32N2O4/c1-7-26(8-2)9-10-27-15-17-13-22(30-5)25(31-6)24-18-14-21(29-4)20(28-3)12-16(18)11-19(27)23(17)24/h11-14H,7-10,15H2,1-6H3. The maximum atomic E-state index is 5.87. The molecule has 1 aliphatic rings. The zero-order valence-electron chi connectivity index (χ0n) is 19.4. The van der Waals surface area contributed by atoms with Crippen LogP contribution >= 0.6 is 0 Å². The number of rotatable bonds is 9. The second kappa shape index (κ2) is 8.71. The highest BCUT2D eigenvalue weighted by molar-refractivity contribution is 6.19. The van der Waals surface area contributed by atoms with Gasteiger partial charge in [0.1, 0.15) is 0 Å². The van der Waals surface area contributed by atoms with Crippen LogP contribution in [0.1, 0.15) is 19.4 Å². The van der Waals surface area contributed by atoms with Crippen molar-refractivity contribution < 1.29 is 18.9 Å². The highest BCUT2D eigenvalue weighted by atomic mass is 16.5. The Morgan fingerprint density at radius 3 is 2.10 bits per heavy atom. The number of hydrogen-bond acceptors (Lipinski definition) is 6. The molecule has 0 atom stereocenters. The Morgan fingerprint density at radius 2 is 1.48 bits per heavy atom. The fraction of sp³-hybridized carbons (Fsp3) is 0.440. The van der Waals surface area contributed by atoms with E-state index >= 15 is 0 Å². The predicted octanol–water partition coefficient (Wildman–Crippen LogP) is 4.69. The van der Waals surface area contributed by atoms with Crippen LogP contribution in [0.15, 0.2) is 24.3 Å². The van der Waals surface area contributed by atoms with Crippen LogP contribution in [0.2, 0.25) is 0 Å². The lowest BCUT2D eigenvalue weighted by Crippen LogP contribution is -2.33. The molecule has 1 heterocycles. The molecule has 0 N–H and O–H groups in total. The zero-order chi connectivity index (χ0) is 22.1. The highest BCUT2D eigenvalue weighted by Gasteiger charge is 2.28. The normalized spacial score (nSPS) is 12.8. The average Bonchev–Trinajstić information content (AvgIpc) is 3.15. The lowest BCUT2D eigenvalue weighted by Gasteiger charge is -2.25. The van der Waals surface area contributed by atoms with Gasteiger partial charge in [-0.1, -0.05) is 13.8 Å². The Hall–Kier alpha value is -2.86. The molecule has 0 aromatic heterocycles. The van der Waals surface area contributed by atoms with Crippen molar-refractivity contribution >= 4 is 27.2 Å². The molecule has 1 aliphatic heterocycles. The molecular weight excluding hydrogens is 392 g/mol. The summed E-state index contributed by atoms with van der Waals surface area (Å²) in [5.41, 5.74) is 2.50. The van der Waals surface area contributed by atoms with Gasteiger partial charge in [-0.05, 0) is 53.7 Å². The van der Waals surface area contributed by atoms with Crippen LogP contribution < -0.4 is 23.8 Å². The van der Waals surface area contributed by atoms with Crippen molar-refractivity contribution in [2.75, 3.05) is 59.5 Å². The number of likely N-dealkylation sites (N-methyl/N-ethyl adjacent to an activating group) is 1. The van der Waals surface area contributed by atoms with E-state index in [1.165, 1.54) is 16.6 Å². The molecule has 0 bridgehead atoms. The molecule has 0 aliphatic carbocycles. The molecule has 0 fully saturated rings. The Balaban J connectivity index is 1.98. The second-order valence-electron chi connectivity index (χ2n) is 7.79.